The van der Waals surface area contributed by atoms with Gasteiger partial charge < -0.3 is 10.2 Å². The zero-order valence-corrected chi connectivity index (χ0v) is 13.8. The van der Waals surface area contributed by atoms with E-state index in [1.54, 1.807) is 11.8 Å². The quantitative estimate of drug-likeness (QED) is 0.663. The van der Waals surface area contributed by atoms with Gasteiger partial charge in [0.15, 0.2) is 5.16 Å². The van der Waals surface area contributed by atoms with Crippen molar-refractivity contribution in [2.24, 2.45) is 5.92 Å². The molecule has 2 rings (SSSR count). The Bertz CT molecular complexity index is 438. The van der Waals surface area contributed by atoms with Gasteiger partial charge >= 0.3 is 0 Å². The minimum atomic E-state index is 0.565. The Morgan fingerprint density at radius 3 is 2.85 bits per heavy atom. The zero-order chi connectivity index (χ0) is 14.5. The van der Waals surface area contributed by atoms with E-state index in [0.717, 1.165) is 42.2 Å². The van der Waals surface area contributed by atoms with E-state index in [1.807, 2.05) is 6.26 Å². The first-order valence-electron chi connectivity index (χ1n) is 7.57. The van der Waals surface area contributed by atoms with Gasteiger partial charge in [0.05, 0.1) is 0 Å². The molecule has 1 saturated heterocycles. The van der Waals surface area contributed by atoms with Crippen LogP contribution in [0.5, 0.6) is 0 Å². The lowest BCUT2D eigenvalue weighted by Crippen LogP contribution is -2.41. The molecule has 0 amide bonds. The minimum Gasteiger partial charge on any atom is -0.370 e. The predicted molar refractivity (Wildman–Crippen MR) is 87.8 cm³/mol. The number of nitrogens with one attached hydrogen (secondary N) is 1. The maximum atomic E-state index is 4.71. The van der Waals surface area contributed by atoms with Gasteiger partial charge in [0.1, 0.15) is 11.6 Å². The third-order valence-electron chi connectivity index (χ3n) is 3.84. The summed E-state index contributed by atoms with van der Waals surface area (Å²) in [5.41, 5.74) is 0. The summed E-state index contributed by atoms with van der Waals surface area (Å²) in [6, 6.07) is 2.67. The van der Waals surface area contributed by atoms with Crippen molar-refractivity contribution < 1.29 is 0 Å². The molecular weight excluding hydrogens is 268 g/mol. The van der Waals surface area contributed by atoms with Gasteiger partial charge in [-0.1, -0.05) is 25.6 Å². The number of piperidine rings is 1. The van der Waals surface area contributed by atoms with Crippen molar-refractivity contribution in [3.05, 3.63) is 6.07 Å². The second kappa shape index (κ2) is 7.16. The first-order chi connectivity index (χ1) is 9.63. The summed E-state index contributed by atoms with van der Waals surface area (Å²) in [6.07, 6.45) is 5.70. The molecule has 1 aliphatic rings. The summed E-state index contributed by atoms with van der Waals surface area (Å²) in [6.45, 7) is 8.84. The number of hydrogen-bond donors (Lipinski definition) is 1. The molecule has 2 unspecified atom stereocenters. The Morgan fingerprint density at radius 1 is 1.35 bits per heavy atom. The lowest BCUT2D eigenvalue weighted by Gasteiger charge is -2.37. The van der Waals surface area contributed by atoms with E-state index in [4.69, 9.17) is 4.98 Å². The van der Waals surface area contributed by atoms with Crippen LogP contribution in [-0.4, -0.2) is 35.4 Å². The summed E-state index contributed by atoms with van der Waals surface area (Å²) in [4.78, 5) is 11.7. The average molecular weight is 294 g/mol. The fourth-order valence-corrected chi connectivity index (χ4v) is 2.98. The number of anilines is 2. The van der Waals surface area contributed by atoms with Gasteiger partial charge in [-0.25, -0.2) is 9.97 Å². The molecule has 0 aliphatic carbocycles. The molecular formula is C15H26N4S. The number of aromatic nitrogens is 2. The third-order valence-corrected chi connectivity index (χ3v) is 4.39. The molecule has 1 N–H and O–H groups in total. The lowest BCUT2D eigenvalue weighted by molar-refractivity contribution is 0.387. The van der Waals surface area contributed by atoms with Gasteiger partial charge in [-0.3, -0.25) is 0 Å². The van der Waals surface area contributed by atoms with E-state index in [2.05, 4.69) is 42.0 Å². The summed E-state index contributed by atoms with van der Waals surface area (Å²) in [7, 11) is 0. The molecule has 0 radical (unpaired) electrons. The first kappa shape index (κ1) is 15.4. The maximum Gasteiger partial charge on any atom is 0.191 e. The van der Waals surface area contributed by atoms with Crippen molar-refractivity contribution in [3.63, 3.8) is 0 Å². The number of rotatable bonds is 5. The summed E-state index contributed by atoms with van der Waals surface area (Å²) >= 11 is 1.61. The van der Waals surface area contributed by atoms with Crippen LogP contribution in [0.4, 0.5) is 11.6 Å². The Morgan fingerprint density at radius 2 is 2.15 bits per heavy atom. The Kier molecular flexibility index (Phi) is 5.52. The highest BCUT2D eigenvalue weighted by Gasteiger charge is 2.24. The maximum absolute atomic E-state index is 4.71. The number of nitrogens with zero attached hydrogens (tertiary/aromatic N) is 3. The second-order valence-corrected chi connectivity index (χ2v) is 6.48. The monoisotopic (exact) mass is 294 g/mol. The van der Waals surface area contributed by atoms with Crippen LogP contribution in [0.25, 0.3) is 0 Å². The Labute approximate surface area is 126 Å². The fraction of sp³-hybridized carbons (Fsp3) is 0.733. The number of thioether (sulfide) groups is 1. The van der Waals surface area contributed by atoms with Crippen molar-refractivity contribution in [1.29, 1.82) is 0 Å². The molecule has 0 saturated carbocycles. The Hall–Kier alpha value is -0.970. The molecule has 1 aromatic rings. The second-order valence-electron chi connectivity index (χ2n) is 5.71. The highest BCUT2D eigenvalue weighted by atomic mass is 32.2. The van der Waals surface area contributed by atoms with Gasteiger partial charge in [0.2, 0.25) is 0 Å². The van der Waals surface area contributed by atoms with Gasteiger partial charge in [-0.05, 0) is 38.4 Å². The summed E-state index contributed by atoms with van der Waals surface area (Å²) in [5, 5.41) is 4.24. The van der Waals surface area contributed by atoms with Crippen LogP contribution in [0.2, 0.25) is 0 Å². The number of hydrogen-bond acceptors (Lipinski definition) is 5. The largest absolute Gasteiger partial charge is 0.370 e. The highest BCUT2D eigenvalue weighted by molar-refractivity contribution is 7.98. The van der Waals surface area contributed by atoms with Crippen molar-refractivity contribution in [1.82, 2.24) is 9.97 Å². The molecule has 112 valence electrons. The van der Waals surface area contributed by atoms with Crippen molar-refractivity contribution in [2.45, 2.75) is 51.2 Å². The summed E-state index contributed by atoms with van der Waals surface area (Å²) < 4.78 is 0. The molecule has 1 aromatic heterocycles. The third kappa shape index (κ3) is 3.78. The van der Waals surface area contributed by atoms with E-state index in [0.29, 0.717) is 6.04 Å². The van der Waals surface area contributed by atoms with E-state index in [9.17, 15) is 0 Å². The SMILES string of the molecule is CCCNc1cc(N2CC(C)CCC2C)nc(SC)n1. The van der Waals surface area contributed by atoms with E-state index < -0.39 is 0 Å². The van der Waals surface area contributed by atoms with Crippen LogP contribution in [0.3, 0.4) is 0 Å². The van der Waals surface area contributed by atoms with E-state index >= 15 is 0 Å². The molecule has 20 heavy (non-hydrogen) atoms. The molecule has 1 fully saturated rings. The van der Waals surface area contributed by atoms with E-state index in [1.165, 1.54) is 12.8 Å². The zero-order valence-electron chi connectivity index (χ0n) is 13.0. The average Bonchev–Trinajstić information content (AvgIpc) is 2.47. The standard InChI is InChI=1S/C15H26N4S/c1-5-8-16-13-9-14(18-15(17-13)20-4)19-10-11(2)6-7-12(19)3/h9,11-12H,5-8,10H2,1-4H3,(H,16,17,18). The van der Waals surface area contributed by atoms with Gasteiger partial charge in [0, 0.05) is 25.2 Å². The van der Waals surface area contributed by atoms with Gasteiger partial charge in [-0.15, -0.1) is 0 Å². The van der Waals surface area contributed by atoms with Gasteiger partial charge in [-0.2, -0.15) is 0 Å². The molecule has 0 bridgehead atoms. The highest BCUT2D eigenvalue weighted by Crippen LogP contribution is 2.28. The van der Waals surface area contributed by atoms with Crippen LogP contribution >= 0.6 is 11.8 Å². The lowest BCUT2D eigenvalue weighted by atomic mass is 9.95. The molecule has 0 aromatic carbocycles. The van der Waals surface area contributed by atoms with Crippen molar-refractivity contribution in [3.8, 4) is 0 Å². The van der Waals surface area contributed by atoms with Crippen LogP contribution in [0.15, 0.2) is 11.2 Å². The van der Waals surface area contributed by atoms with Crippen molar-refractivity contribution >= 4 is 23.4 Å². The van der Waals surface area contributed by atoms with Crippen LogP contribution in [-0.2, 0) is 0 Å². The molecule has 0 spiro atoms. The molecule has 5 heteroatoms. The Balaban J connectivity index is 2.24. The van der Waals surface area contributed by atoms with E-state index in [-0.39, 0.29) is 0 Å². The first-order valence-corrected chi connectivity index (χ1v) is 8.80. The minimum absolute atomic E-state index is 0.565. The van der Waals surface area contributed by atoms with Crippen LogP contribution in [0, 0.1) is 5.92 Å². The van der Waals surface area contributed by atoms with Crippen molar-refractivity contribution in [2.75, 3.05) is 29.6 Å². The predicted octanol–water partition coefficient (Wildman–Crippen LogP) is 3.65. The molecule has 2 heterocycles. The normalized spacial score (nSPS) is 22.9. The van der Waals surface area contributed by atoms with Gasteiger partial charge in [0.25, 0.3) is 0 Å². The molecule has 1 aliphatic heterocycles. The van der Waals surface area contributed by atoms with Crippen LogP contribution < -0.4 is 10.2 Å². The molecule has 2 atom stereocenters. The fourth-order valence-electron chi connectivity index (χ4n) is 2.60. The van der Waals surface area contributed by atoms with Crippen LogP contribution in [0.1, 0.15) is 40.0 Å². The topological polar surface area (TPSA) is 41.0 Å². The summed E-state index contributed by atoms with van der Waals surface area (Å²) in [5.74, 6) is 2.76. The smallest absolute Gasteiger partial charge is 0.191 e. The molecule has 4 nitrogen and oxygen atoms in total.